The summed E-state index contributed by atoms with van der Waals surface area (Å²) in [5.41, 5.74) is 33.5. The van der Waals surface area contributed by atoms with E-state index in [9.17, 15) is 24.4 Å². The third-order valence-electron chi connectivity index (χ3n) is 10.1. The van der Waals surface area contributed by atoms with Crippen molar-refractivity contribution in [3.63, 3.8) is 0 Å². The second-order valence-electron chi connectivity index (χ2n) is 18.3. The van der Waals surface area contributed by atoms with Crippen LogP contribution in [0.25, 0.3) is 0 Å². The van der Waals surface area contributed by atoms with Gasteiger partial charge in [-0.1, -0.05) is 57.0 Å². The molecule has 0 aliphatic heterocycles. The van der Waals surface area contributed by atoms with Gasteiger partial charge in [0.2, 0.25) is 35.4 Å². The lowest BCUT2D eigenvalue weighted by atomic mass is 10.0. The van der Waals surface area contributed by atoms with Crippen LogP contribution in [0.4, 0.5) is 46.1 Å². The highest BCUT2D eigenvalue weighted by molar-refractivity contribution is 9.10. The first kappa shape index (κ1) is 63.5. The van der Waals surface area contributed by atoms with Crippen LogP contribution >= 0.6 is 15.9 Å². The fraction of sp³-hybridized carbons (Fsp3) is 0.353. The van der Waals surface area contributed by atoms with E-state index in [0.29, 0.717) is 104 Å². The average molecular weight is 1120 g/mol. The first-order valence-electron chi connectivity index (χ1n) is 23.5. The molecule has 0 saturated carbocycles. The van der Waals surface area contributed by atoms with Crippen molar-refractivity contribution in [3.05, 3.63) is 111 Å². The van der Waals surface area contributed by atoms with Crippen LogP contribution < -0.4 is 55.3 Å². The Labute approximate surface area is 449 Å². The Morgan fingerprint density at radius 2 is 0.934 bits per heavy atom. The third kappa shape index (κ3) is 22.6. The number of amides is 4. The van der Waals surface area contributed by atoms with Gasteiger partial charge in [0.15, 0.2) is 0 Å². The number of nitrogen functional groups attached to an aromatic ring is 1. The van der Waals surface area contributed by atoms with Gasteiger partial charge in [-0.2, -0.15) is 10.5 Å². The van der Waals surface area contributed by atoms with Crippen molar-refractivity contribution in [2.75, 3.05) is 32.3 Å². The van der Waals surface area contributed by atoms with Gasteiger partial charge >= 0.3 is 0 Å². The number of aryl methyl sites for hydroxylation is 3. The van der Waals surface area contributed by atoms with Gasteiger partial charge in [-0.05, 0) is 128 Å². The lowest BCUT2D eigenvalue weighted by Gasteiger charge is -2.19. The van der Waals surface area contributed by atoms with Crippen LogP contribution in [0.1, 0.15) is 99.4 Å². The summed E-state index contributed by atoms with van der Waals surface area (Å²) in [6.07, 6.45) is 1.89. The van der Waals surface area contributed by atoms with Crippen molar-refractivity contribution in [2.24, 2.45) is 40.7 Å². The molecule has 408 valence electrons. The van der Waals surface area contributed by atoms with Crippen molar-refractivity contribution in [3.8, 4) is 12.1 Å². The molecule has 3 aromatic carbocycles. The van der Waals surface area contributed by atoms with E-state index in [-0.39, 0.29) is 5.91 Å². The molecule has 4 amide bonds. The number of benzene rings is 3. The highest BCUT2D eigenvalue weighted by atomic mass is 79.9. The minimum atomic E-state index is -0.584. The lowest BCUT2D eigenvalue weighted by molar-refractivity contribution is -0.176. The SMILES string of the molecule is CC(C)C[C@@H](Nc1ccc(C#N)c(Br)c1)C(N)=O.Cc1cc(N)on1.Cc1cc(Nc2cc(N[C@H](CC(C)C)C(N)=O)ccc2C#N)on1.Cc1cc(Nc2cc(N[C@H](CC(C)C)C(N)=O)ccc2C(N)=O)on1.OO. The van der Waals surface area contributed by atoms with Gasteiger partial charge in [-0.25, -0.2) is 0 Å². The Morgan fingerprint density at radius 1 is 0.566 bits per heavy atom. The second-order valence-corrected chi connectivity index (χ2v) is 19.1. The summed E-state index contributed by atoms with van der Waals surface area (Å²) < 4.78 is 15.4. The van der Waals surface area contributed by atoms with Crippen molar-refractivity contribution in [2.45, 2.75) is 99.7 Å². The van der Waals surface area contributed by atoms with Crippen LogP contribution in [-0.4, -0.2) is 67.7 Å². The van der Waals surface area contributed by atoms with E-state index in [1.54, 1.807) is 86.6 Å². The van der Waals surface area contributed by atoms with E-state index < -0.39 is 35.8 Å². The molecule has 0 unspecified atom stereocenters. The maximum atomic E-state index is 11.6. The molecule has 24 nitrogen and oxygen atoms in total. The van der Waals surface area contributed by atoms with Crippen LogP contribution in [0.5, 0.6) is 0 Å². The Morgan fingerprint density at radius 3 is 1.25 bits per heavy atom. The van der Waals surface area contributed by atoms with E-state index in [1.165, 1.54) is 0 Å². The Bertz CT molecular complexity index is 2890. The molecular weight excluding hydrogens is 1050 g/mol. The molecule has 3 atom stereocenters. The lowest BCUT2D eigenvalue weighted by Crippen LogP contribution is -2.36. The van der Waals surface area contributed by atoms with Gasteiger partial charge in [-0.15, -0.1) is 0 Å². The topological polar surface area (TPSA) is 425 Å². The standard InChI is InChI=1S/C17H23N5O3.C17H21N5O2.C13H16BrN3O.C4H6N2O.H2O2/c1-9(2)6-14(17(19)24)20-11-4-5-12(16(18)23)13(8-11)21-15-7-10(3)22-25-15;1-10(2)6-15(17(19)23)20-13-5-4-12(9-18)14(8-13)21-16-7-11(3)22-24-16;1-8(2)5-12(13(16)18)17-10-4-3-9(7-15)11(14)6-10;1-3-2-4(5)7-6-3;1-2/h4-5,7-9,14,20-21H,6H2,1-3H3,(H2,18,23)(H2,19,24);4-5,7-8,10,15,20-21H,6H2,1-3H3,(H2,19,23);3-4,6,8,12,17H,5H2,1-2H3,(H2,16,18);2H,5H2,1H3;1-2H/t14-;15-;12-;;/m111../s1. The number of carbonyl (C=O) groups excluding carboxylic acids is 4. The minimum Gasteiger partial charge on any atom is -0.374 e. The molecular formula is C51H68BrN15O9. The van der Waals surface area contributed by atoms with Crippen molar-refractivity contribution >= 4 is 85.6 Å². The number of hydrogen-bond acceptors (Lipinski definition) is 20. The monoisotopic (exact) mass is 1110 g/mol. The molecule has 3 heterocycles. The van der Waals surface area contributed by atoms with E-state index in [0.717, 1.165) is 17.1 Å². The van der Waals surface area contributed by atoms with Gasteiger partial charge < -0.3 is 68.8 Å². The van der Waals surface area contributed by atoms with Gasteiger partial charge in [0.25, 0.3) is 5.91 Å². The molecule has 0 aliphatic rings. The molecule has 3 aromatic heterocycles. The molecule has 0 fully saturated rings. The number of primary amides is 4. The summed E-state index contributed by atoms with van der Waals surface area (Å²) in [6, 6.07) is 23.2. The predicted octanol–water partition coefficient (Wildman–Crippen LogP) is 8.26. The number of anilines is 8. The van der Waals surface area contributed by atoms with Crippen LogP contribution in [0.15, 0.2) is 90.8 Å². The molecule has 76 heavy (non-hydrogen) atoms. The number of nitrogens with two attached hydrogens (primary N) is 5. The molecule has 6 aromatic rings. The first-order chi connectivity index (χ1) is 35.9. The summed E-state index contributed by atoms with van der Waals surface area (Å²) >= 11 is 3.31. The zero-order valence-corrected chi connectivity index (χ0v) is 45.4. The molecule has 25 heteroatoms. The number of halogens is 1. The Hall–Kier alpha value is -8.65. The van der Waals surface area contributed by atoms with E-state index in [1.807, 2.05) is 48.5 Å². The number of nitriles is 2. The highest BCUT2D eigenvalue weighted by Crippen LogP contribution is 2.28. The van der Waals surface area contributed by atoms with E-state index in [4.69, 9.17) is 53.5 Å². The number of nitrogens with zero attached hydrogens (tertiary/aromatic N) is 5. The third-order valence-corrected chi connectivity index (χ3v) is 10.8. The van der Waals surface area contributed by atoms with Crippen LogP contribution in [0, 0.1) is 61.2 Å². The Balaban J connectivity index is 0.000000363. The quantitative estimate of drug-likeness (QED) is 0.0253. The first-order valence-corrected chi connectivity index (χ1v) is 24.3. The minimum absolute atomic E-state index is 0.291. The zero-order valence-electron chi connectivity index (χ0n) is 43.8. The summed E-state index contributed by atoms with van der Waals surface area (Å²) in [7, 11) is 0. The van der Waals surface area contributed by atoms with Crippen molar-refractivity contribution in [1.29, 1.82) is 10.5 Å². The number of hydrogen-bond donors (Lipinski definition) is 12. The Kier molecular flexibility index (Phi) is 26.6. The maximum absolute atomic E-state index is 11.6. The average Bonchev–Trinajstić information content (AvgIpc) is 4.08. The van der Waals surface area contributed by atoms with Gasteiger partial charge in [0.1, 0.15) is 30.3 Å². The molecule has 0 radical (unpaired) electrons. The smallest absolute Gasteiger partial charge is 0.250 e. The number of nitrogens with one attached hydrogen (secondary N) is 5. The molecule has 0 saturated heterocycles. The van der Waals surface area contributed by atoms with Crippen LogP contribution in [0.2, 0.25) is 0 Å². The second kappa shape index (κ2) is 31.8. The summed E-state index contributed by atoms with van der Waals surface area (Å²) in [5, 5.41) is 56.5. The maximum Gasteiger partial charge on any atom is 0.250 e. The number of aromatic nitrogens is 3. The largest absolute Gasteiger partial charge is 0.374 e. The number of rotatable bonds is 20. The fourth-order valence-electron chi connectivity index (χ4n) is 6.73. The van der Waals surface area contributed by atoms with E-state index >= 15 is 0 Å². The zero-order chi connectivity index (χ0) is 57.2. The van der Waals surface area contributed by atoms with Crippen LogP contribution in [-0.2, 0) is 14.4 Å². The highest BCUT2D eigenvalue weighted by Gasteiger charge is 2.21. The molecule has 17 N–H and O–H groups in total. The molecule has 6 rings (SSSR count). The summed E-state index contributed by atoms with van der Waals surface area (Å²) in [6.45, 7) is 17.5. The molecule has 0 bridgehead atoms. The fourth-order valence-corrected chi connectivity index (χ4v) is 7.20. The molecule has 0 aliphatic carbocycles. The van der Waals surface area contributed by atoms with Gasteiger partial charge in [0.05, 0.1) is 45.1 Å². The van der Waals surface area contributed by atoms with Gasteiger partial charge in [-0.3, -0.25) is 29.7 Å². The number of carbonyl (C=O) groups is 4. The van der Waals surface area contributed by atoms with Crippen molar-refractivity contribution in [1.82, 2.24) is 15.5 Å². The van der Waals surface area contributed by atoms with E-state index in [2.05, 4.69) is 74.6 Å². The predicted molar refractivity (Wildman–Crippen MR) is 293 cm³/mol. The summed E-state index contributed by atoms with van der Waals surface area (Å²) in [5.74, 6) is 0.382. The van der Waals surface area contributed by atoms with Gasteiger partial charge in [0, 0.05) is 39.7 Å². The summed E-state index contributed by atoms with van der Waals surface area (Å²) in [4.78, 5) is 46.2. The molecule has 0 spiro atoms. The van der Waals surface area contributed by atoms with Crippen molar-refractivity contribution < 1.29 is 43.3 Å². The normalized spacial score (nSPS) is 11.4. The van der Waals surface area contributed by atoms with Crippen LogP contribution in [0.3, 0.4) is 0 Å².